The van der Waals surface area contributed by atoms with Gasteiger partial charge in [0.25, 0.3) is 7.37 Å². The zero-order valence-corrected chi connectivity index (χ0v) is 20.5. The summed E-state index contributed by atoms with van der Waals surface area (Å²) in [5, 5.41) is 12.3. The van der Waals surface area contributed by atoms with Gasteiger partial charge in [-0.3, -0.25) is 9.40 Å². The Morgan fingerprint density at radius 3 is 2.21 bits per heavy atom. The van der Waals surface area contributed by atoms with Gasteiger partial charge < -0.3 is 9.63 Å². The lowest BCUT2D eigenvalue weighted by molar-refractivity contribution is -0.256. The lowest BCUT2D eigenvalue weighted by Crippen LogP contribution is -2.47. The van der Waals surface area contributed by atoms with Gasteiger partial charge >= 0.3 is 0 Å². The summed E-state index contributed by atoms with van der Waals surface area (Å²) in [6, 6.07) is 25.3. The SMILES string of the molecule is CC(C)C(N(CCO)OC(C)(C)c1ccccc1)P1(=O)Oc2ccccc2-c2ccccc21. The molecular formula is C27H32NO4P. The number of aliphatic hydroxyl groups excluding tert-OH is 1. The van der Waals surface area contributed by atoms with Crippen molar-refractivity contribution in [2.24, 2.45) is 5.92 Å². The Balaban J connectivity index is 1.80. The number of rotatable bonds is 8. The van der Waals surface area contributed by atoms with Crippen molar-refractivity contribution in [1.29, 1.82) is 0 Å². The summed E-state index contributed by atoms with van der Waals surface area (Å²) in [4.78, 5) is 6.53. The van der Waals surface area contributed by atoms with Crippen LogP contribution in [-0.4, -0.2) is 29.1 Å². The van der Waals surface area contributed by atoms with Crippen LogP contribution in [0.1, 0.15) is 33.3 Å². The number of hydrogen-bond acceptors (Lipinski definition) is 5. The van der Waals surface area contributed by atoms with Crippen LogP contribution >= 0.6 is 7.37 Å². The molecule has 1 heterocycles. The number of aliphatic hydroxyl groups is 1. The fraction of sp³-hybridized carbons (Fsp3) is 0.333. The Labute approximate surface area is 196 Å². The molecule has 0 amide bonds. The summed E-state index contributed by atoms with van der Waals surface area (Å²) < 4.78 is 21.2. The van der Waals surface area contributed by atoms with E-state index >= 15 is 0 Å². The average molecular weight is 466 g/mol. The van der Waals surface area contributed by atoms with Gasteiger partial charge in [0, 0.05) is 12.1 Å². The first-order valence-electron chi connectivity index (χ1n) is 11.4. The molecule has 0 aromatic heterocycles. The van der Waals surface area contributed by atoms with Crippen LogP contribution in [0.2, 0.25) is 0 Å². The smallest absolute Gasteiger partial charge is 0.297 e. The van der Waals surface area contributed by atoms with E-state index in [0.717, 1.165) is 16.7 Å². The number of nitrogens with zero attached hydrogens (tertiary/aromatic N) is 1. The van der Waals surface area contributed by atoms with Crippen molar-refractivity contribution in [2.75, 3.05) is 13.2 Å². The molecule has 3 aromatic carbocycles. The fourth-order valence-corrected chi connectivity index (χ4v) is 7.60. The first-order chi connectivity index (χ1) is 15.8. The van der Waals surface area contributed by atoms with Crippen molar-refractivity contribution in [3.05, 3.63) is 84.4 Å². The quantitative estimate of drug-likeness (QED) is 0.337. The molecule has 0 saturated carbocycles. The first kappa shape index (κ1) is 23.7. The minimum Gasteiger partial charge on any atom is -0.438 e. The third-order valence-corrected chi connectivity index (χ3v) is 9.11. The fourth-order valence-electron chi connectivity index (χ4n) is 4.54. The van der Waals surface area contributed by atoms with Crippen LogP contribution in [0.4, 0.5) is 0 Å². The number of benzene rings is 3. The van der Waals surface area contributed by atoms with E-state index < -0.39 is 18.8 Å². The van der Waals surface area contributed by atoms with Crippen LogP contribution in [0.3, 0.4) is 0 Å². The molecule has 3 aromatic rings. The molecular weight excluding hydrogens is 433 g/mol. The van der Waals surface area contributed by atoms with Gasteiger partial charge in [0.05, 0.1) is 11.9 Å². The lowest BCUT2D eigenvalue weighted by Gasteiger charge is -2.43. The van der Waals surface area contributed by atoms with Gasteiger partial charge in [-0.2, -0.15) is 5.06 Å². The van der Waals surface area contributed by atoms with Crippen LogP contribution in [-0.2, 0) is 15.0 Å². The Morgan fingerprint density at radius 1 is 0.939 bits per heavy atom. The van der Waals surface area contributed by atoms with E-state index in [0.29, 0.717) is 11.1 Å². The molecule has 1 aliphatic heterocycles. The molecule has 0 spiro atoms. The van der Waals surface area contributed by atoms with Gasteiger partial charge in [-0.25, -0.2) is 0 Å². The van der Waals surface area contributed by atoms with Crippen molar-refractivity contribution < 1.29 is 19.0 Å². The molecule has 2 atom stereocenters. The maximum atomic E-state index is 14.9. The molecule has 1 N–H and O–H groups in total. The zero-order chi connectivity index (χ0) is 23.6. The van der Waals surface area contributed by atoms with Crippen molar-refractivity contribution in [2.45, 2.75) is 39.1 Å². The molecule has 0 radical (unpaired) electrons. The van der Waals surface area contributed by atoms with Gasteiger partial charge in [-0.05, 0) is 43.0 Å². The largest absolute Gasteiger partial charge is 0.438 e. The van der Waals surface area contributed by atoms with Crippen molar-refractivity contribution in [3.8, 4) is 16.9 Å². The highest BCUT2D eigenvalue weighted by molar-refractivity contribution is 7.68. The van der Waals surface area contributed by atoms with E-state index in [1.165, 1.54) is 0 Å². The normalized spacial score (nSPS) is 18.5. The topological polar surface area (TPSA) is 59.0 Å². The van der Waals surface area contributed by atoms with Crippen molar-refractivity contribution in [1.82, 2.24) is 5.06 Å². The molecule has 0 bridgehead atoms. The molecule has 0 fully saturated rings. The monoisotopic (exact) mass is 465 g/mol. The number of hydroxylamine groups is 2. The van der Waals surface area contributed by atoms with Gasteiger partial charge in [-0.15, -0.1) is 0 Å². The highest BCUT2D eigenvalue weighted by Gasteiger charge is 2.48. The van der Waals surface area contributed by atoms with Gasteiger partial charge in [0.2, 0.25) is 0 Å². The molecule has 6 heteroatoms. The van der Waals surface area contributed by atoms with E-state index in [9.17, 15) is 9.67 Å². The summed E-state index contributed by atoms with van der Waals surface area (Å²) in [6.07, 6.45) is 0. The zero-order valence-electron chi connectivity index (χ0n) is 19.6. The number of hydrogen-bond donors (Lipinski definition) is 1. The van der Waals surface area contributed by atoms with Crippen LogP contribution in [0.25, 0.3) is 11.1 Å². The van der Waals surface area contributed by atoms with Gasteiger partial charge in [0.1, 0.15) is 17.1 Å². The maximum absolute atomic E-state index is 14.9. The van der Waals surface area contributed by atoms with Crippen LogP contribution in [0.15, 0.2) is 78.9 Å². The molecule has 2 unspecified atom stereocenters. The molecule has 174 valence electrons. The standard InChI is InChI=1S/C27H32NO4P/c1-20(2)26(28(18-19-29)32-27(3,4)21-12-6-5-7-13-21)33(30)25-17-11-9-15-23(25)22-14-8-10-16-24(22)31-33/h5-17,20,26,29H,18-19H2,1-4H3. The second-order valence-electron chi connectivity index (χ2n) is 9.19. The number of fused-ring (bicyclic) bond motifs is 3. The van der Waals surface area contributed by atoms with Gasteiger partial charge in [-0.1, -0.05) is 80.6 Å². The minimum absolute atomic E-state index is 0.0766. The van der Waals surface area contributed by atoms with Crippen LogP contribution in [0, 0.1) is 5.92 Å². The predicted octanol–water partition coefficient (Wildman–Crippen LogP) is 5.79. The average Bonchev–Trinajstić information content (AvgIpc) is 2.79. The molecule has 0 saturated heterocycles. The molecule has 0 aliphatic carbocycles. The van der Waals surface area contributed by atoms with E-state index in [4.69, 9.17) is 9.36 Å². The van der Waals surface area contributed by atoms with Crippen molar-refractivity contribution in [3.63, 3.8) is 0 Å². The molecule has 1 aliphatic rings. The highest BCUT2D eigenvalue weighted by Crippen LogP contribution is 2.60. The summed E-state index contributed by atoms with van der Waals surface area (Å²) in [5.74, 6) is -0.0640. The number of para-hydroxylation sites is 1. The van der Waals surface area contributed by atoms with Crippen molar-refractivity contribution >= 4 is 12.7 Å². The van der Waals surface area contributed by atoms with Gasteiger partial charge in [0.15, 0.2) is 0 Å². The summed E-state index contributed by atoms with van der Waals surface area (Å²) in [7, 11) is -3.48. The minimum atomic E-state index is -3.48. The molecule has 33 heavy (non-hydrogen) atoms. The summed E-state index contributed by atoms with van der Waals surface area (Å²) in [5.41, 5.74) is 2.14. The van der Waals surface area contributed by atoms with Crippen LogP contribution < -0.4 is 9.83 Å². The summed E-state index contributed by atoms with van der Waals surface area (Å²) in [6.45, 7) is 8.05. The molecule has 4 rings (SSSR count). The third kappa shape index (κ3) is 4.51. The Kier molecular flexibility index (Phi) is 6.78. The first-order valence-corrected chi connectivity index (χ1v) is 13.1. The Bertz CT molecular complexity index is 1150. The van der Waals surface area contributed by atoms with E-state index in [1.807, 2.05) is 107 Å². The van der Waals surface area contributed by atoms with Crippen LogP contribution in [0.5, 0.6) is 5.75 Å². The Morgan fingerprint density at radius 2 is 1.55 bits per heavy atom. The maximum Gasteiger partial charge on any atom is 0.297 e. The third-order valence-electron chi connectivity index (χ3n) is 6.03. The molecule has 5 nitrogen and oxygen atoms in total. The van der Waals surface area contributed by atoms with E-state index in [2.05, 4.69) is 0 Å². The van der Waals surface area contributed by atoms with E-state index in [1.54, 1.807) is 5.06 Å². The Hall–Kier alpha value is -2.43. The summed E-state index contributed by atoms with van der Waals surface area (Å²) >= 11 is 0. The lowest BCUT2D eigenvalue weighted by atomic mass is 9.99. The van der Waals surface area contributed by atoms with E-state index in [-0.39, 0.29) is 19.1 Å². The second-order valence-corrected chi connectivity index (χ2v) is 11.6. The highest BCUT2D eigenvalue weighted by atomic mass is 31.2. The second kappa shape index (κ2) is 9.44. The predicted molar refractivity (Wildman–Crippen MR) is 133 cm³/mol.